The van der Waals surface area contributed by atoms with Crippen molar-refractivity contribution >= 4 is 5.78 Å². The Morgan fingerprint density at radius 2 is 2.08 bits per heavy atom. The monoisotopic (exact) mass is 170 g/mol. The first kappa shape index (κ1) is 9.28. The summed E-state index contributed by atoms with van der Waals surface area (Å²) in [4.78, 5) is 11.2. The van der Waals surface area contributed by atoms with Crippen molar-refractivity contribution in [1.29, 1.82) is 0 Å². The zero-order chi connectivity index (χ0) is 9.52. The molecule has 1 rings (SSSR count). The Hall–Kier alpha value is -1.81. The van der Waals surface area contributed by atoms with E-state index in [2.05, 4.69) is 5.92 Å². The third-order valence-electron chi connectivity index (χ3n) is 1.59. The fourth-order valence-corrected chi connectivity index (χ4v) is 0.997. The van der Waals surface area contributed by atoms with E-state index in [0.717, 1.165) is 5.56 Å². The Labute approximate surface area is 78.1 Å². The van der Waals surface area contributed by atoms with Gasteiger partial charge in [-0.3, -0.25) is 4.79 Å². The minimum atomic E-state index is 0.0316. The molecule has 0 radical (unpaired) electrons. The molecular formula is C12H10O. The molecule has 0 aromatic heterocycles. The van der Waals surface area contributed by atoms with Gasteiger partial charge in [0.1, 0.15) is 0 Å². The van der Waals surface area contributed by atoms with Crippen LogP contribution in [0.4, 0.5) is 0 Å². The van der Waals surface area contributed by atoms with Crippen LogP contribution in [0.3, 0.4) is 0 Å². The molecule has 0 fully saturated rings. The maximum atomic E-state index is 11.2. The van der Waals surface area contributed by atoms with Crippen molar-refractivity contribution in [2.75, 3.05) is 0 Å². The van der Waals surface area contributed by atoms with E-state index in [0.29, 0.717) is 6.42 Å². The van der Waals surface area contributed by atoms with E-state index in [4.69, 9.17) is 6.42 Å². The molecule has 0 aliphatic heterocycles. The van der Waals surface area contributed by atoms with Gasteiger partial charge in [0.15, 0.2) is 5.78 Å². The van der Waals surface area contributed by atoms with Gasteiger partial charge in [-0.05, 0) is 17.7 Å². The molecule has 0 bridgehead atoms. The lowest BCUT2D eigenvalue weighted by Gasteiger charge is -1.94. The lowest BCUT2D eigenvalue weighted by atomic mass is 10.1. The number of hydrogen-bond donors (Lipinski definition) is 0. The van der Waals surface area contributed by atoms with Gasteiger partial charge in [-0.25, -0.2) is 0 Å². The summed E-state index contributed by atoms with van der Waals surface area (Å²) in [6.07, 6.45) is 8.24. The van der Waals surface area contributed by atoms with Crippen molar-refractivity contribution in [3.63, 3.8) is 0 Å². The Morgan fingerprint density at radius 1 is 1.38 bits per heavy atom. The lowest BCUT2D eigenvalue weighted by molar-refractivity contribution is -0.114. The summed E-state index contributed by atoms with van der Waals surface area (Å²) >= 11 is 0. The van der Waals surface area contributed by atoms with Gasteiger partial charge in [0.05, 0.1) is 0 Å². The largest absolute Gasteiger partial charge is 0.294 e. The van der Waals surface area contributed by atoms with E-state index in [9.17, 15) is 4.79 Å². The number of carbonyl (C=O) groups excluding carboxylic acids is 1. The first-order chi connectivity index (χ1) is 6.33. The topological polar surface area (TPSA) is 17.1 Å². The molecule has 0 unspecified atom stereocenters. The maximum Gasteiger partial charge on any atom is 0.160 e. The van der Waals surface area contributed by atoms with Gasteiger partial charge in [-0.15, -0.1) is 6.42 Å². The Morgan fingerprint density at radius 3 is 2.69 bits per heavy atom. The first-order valence-electron chi connectivity index (χ1n) is 4.02. The number of rotatable bonds is 3. The number of benzene rings is 1. The third kappa shape index (κ3) is 3.39. The van der Waals surface area contributed by atoms with Crippen molar-refractivity contribution in [3.05, 3.63) is 48.0 Å². The fourth-order valence-electron chi connectivity index (χ4n) is 0.997. The highest BCUT2D eigenvalue weighted by Crippen LogP contribution is 2.00. The quantitative estimate of drug-likeness (QED) is 0.501. The molecule has 0 aliphatic carbocycles. The molecule has 0 spiro atoms. The summed E-state index contributed by atoms with van der Waals surface area (Å²) in [7, 11) is 0. The van der Waals surface area contributed by atoms with E-state index in [1.807, 2.05) is 30.3 Å². The summed E-state index contributed by atoms with van der Waals surface area (Å²) in [5, 5.41) is 0. The van der Waals surface area contributed by atoms with Crippen molar-refractivity contribution < 1.29 is 4.79 Å². The number of carbonyl (C=O) groups is 1. The molecule has 0 atom stereocenters. The average Bonchev–Trinajstić information content (AvgIpc) is 2.16. The van der Waals surface area contributed by atoms with Crippen molar-refractivity contribution in [2.24, 2.45) is 0 Å². The summed E-state index contributed by atoms with van der Waals surface area (Å²) < 4.78 is 0. The van der Waals surface area contributed by atoms with E-state index >= 15 is 0 Å². The second-order valence-corrected chi connectivity index (χ2v) is 2.63. The maximum absolute atomic E-state index is 11.2. The molecule has 1 aromatic rings. The molecule has 0 heterocycles. The van der Waals surface area contributed by atoms with Crippen LogP contribution in [0, 0.1) is 12.3 Å². The molecule has 0 amide bonds. The first-order valence-corrected chi connectivity index (χ1v) is 4.02. The van der Waals surface area contributed by atoms with E-state index in [-0.39, 0.29) is 5.78 Å². The molecule has 0 aliphatic rings. The number of allylic oxidation sites excluding steroid dienone is 2. The van der Waals surface area contributed by atoms with Crippen molar-refractivity contribution in [1.82, 2.24) is 0 Å². The smallest absolute Gasteiger partial charge is 0.160 e. The Kier molecular flexibility index (Phi) is 3.53. The second kappa shape index (κ2) is 4.95. The molecular weight excluding hydrogens is 160 g/mol. The van der Waals surface area contributed by atoms with Crippen LogP contribution >= 0.6 is 0 Å². The molecule has 1 heteroatoms. The summed E-state index contributed by atoms with van der Waals surface area (Å²) in [5.74, 6) is 2.31. The standard InChI is InChI=1S/C12H10O/c1-2-3-9-12(13)10-11-7-5-4-6-8-11/h1,3-9H,10H2/b9-3+. The minimum Gasteiger partial charge on any atom is -0.294 e. The number of ketones is 1. The van der Waals surface area contributed by atoms with E-state index in [1.54, 1.807) is 0 Å². The predicted molar refractivity (Wildman–Crippen MR) is 53.1 cm³/mol. The SMILES string of the molecule is C#C/C=C/C(=O)Cc1ccccc1. The average molecular weight is 170 g/mol. The van der Waals surface area contributed by atoms with Gasteiger partial charge in [0, 0.05) is 6.42 Å². The van der Waals surface area contributed by atoms with Crippen LogP contribution in [0.25, 0.3) is 0 Å². The van der Waals surface area contributed by atoms with Crippen LogP contribution in [0.1, 0.15) is 5.56 Å². The normalized spacial score (nSPS) is 9.77. The van der Waals surface area contributed by atoms with E-state index in [1.165, 1.54) is 12.2 Å². The van der Waals surface area contributed by atoms with Gasteiger partial charge < -0.3 is 0 Å². The van der Waals surface area contributed by atoms with Gasteiger partial charge in [-0.2, -0.15) is 0 Å². The molecule has 1 aromatic carbocycles. The summed E-state index contributed by atoms with van der Waals surface area (Å²) in [5.41, 5.74) is 1.01. The van der Waals surface area contributed by atoms with Crippen molar-refractivity contribution in [3.8, 4) is 12.3 Å². The van der Waals surface area contributed by atoms with Crippen LogP contribution in [0.2, 0.25) is 0 Å². The van der Waals surface area contributed by atoms with Gasteiger partial charge >= 0.3 is 0 Å². The lowest BCUT2D eigenvalue weighted by Crippen LogP contribution is -1.97. The van der Waals surface area contributed by atoms with Gasteiger partial charge in [0.25, 0.3) is 0 Å². The fraction of sp³-hybridized carbons (Fsp3) is 0.0833. The van der Waals surface area contributed by atoms with Crippen LogP contribution in [-0.2, 0) is 11.2 Å². The highest BCUT2D eigenvalue weighted by molar-refractivity contribution is 5.91. The minimum absolute atomic E-state index is 0.0316. The van der Waals surface area contributed by atoms with Crippen LogP contribution in [0.15, 0.2) is 42.5 Å². The van der Waals surface area contributed by atoms with Gasteiger partial charge in [0.2, 0.25) is 0 Å². The second-order valence-electron chi connectivity index (χ2n) is 2.63. The van der Waals surface area contributed by atoms with Crippen LogP contribution in [0.5, 0.6) is 0 Å². The molecule has 0 saturated heterocycles. The Bertz CT molecular complexity index is 341. The summed E-state index contributed by atoms with van der Waals surface area (Å²) in [6, 6.07) is 9.58. The third-order valence-corrected chi connectivity index (χ3v) is 1.59. The molecule has 64 valence electrons. The highest BCUT2D eigenvalue weighted by atomic mass is 16.1. The molecule has 0 saturated carbocycles. The van der Waals surface area contributed by atoms with Crippen LogP contribution in [-0.4, -0.2) is 5.78 Å². The number of terminal acetylenes is 1. The highest BCUT2D eigenvalue weighted by Gasteiger charge is 1.97. The molecule has 1 nitrogen and oxygen atoms in total. The van der Waals surface area contributed by atoms with Crippen LogP contribution < -0.4 is 0 Å². The van der Waals surface area contributed by atoms with Gasteiger partial charge in [-0.1, -0.05) is 36.3 Å². The zero-order valence-corrected chi connectivity index (χ0v) is 7.23. The number of hydrogen-bond acceptors (Lipinski definition) is 1. The van der Waals surface area contributed by atoms with E-state index < -0.39 is 0 Å². The predicted octanol–water partition coefficient (Wildman–Crippen LogP) is 1.99. The van der Waals surface area contributed by atoms with Crippen molar-refractivity contribution in [2.45, 2.75) is 6.42 Å². The summed E-state index contributed by atoms with van der Waals surface area (Å²) in [6.45, 7) is 0. The molecule has 0 N–H and O–H groups in total. The Balaban J connectivity index is 2.57. The zero-order valence-electron chi connectivity index (χ0n) is 7.23. The molecule has 13 heavy (non-hydrogen) atoms.